The van der Waals surface area contributed by atoms with E-state index in [9.17, 15) is 0 Å². The Morgan fingerprint density at radius 1 is 1.20 bits per heavy atom. The summed E-state index contributed by atoms with van der Waals surface area (Å²) in [5, 5.41) is 0. The zero-order chi connectivity index (χ0) is 10.8. The van der Waals surface area contributed by atoms with Gasteiger partial charge in [0, 0.05) is 15.5 Å². The van der Waals surface area contributed by atoms with Crippen molar-refractivity contribution in [3.05, 3.63) is 34.8 Å². The van der Waals surface area contributed by atoms with Crippen LogP contribution in [0.4, 0.5) is 5.69 Å². The SMILES string of the molecule is Cc1nc(Sc2ccc(N)cc2)sc1C. The number of nitrogen functional groups attached to an aromatic ring is 1. The molecule has 0 atom stereocenters. The molecule has 0 saturated carbocycles. The molecule has 0 unspecified atom stereocenters. The fourth-order valence-electron chi connectivity index (χ4n) is 1.12. The second kappa shape index (κ2) is 4.24. The van der Waals surface area contributed by atoms with Crippen molar-refractivity contribution in [1.82, 2.24) is 4.98 Å². The van der Waals surface area contributed by atoms with Crippen molar-refractivity contribution < 1.29 is 0 Å². The first kappa shape index (κ1) is 10.5. The average Bonchev–Trinajstić information content (AvgIpc) is 2.50. The van der Waals surface area contributed by atoms with Crippen LogP contribution >= 0.6 is 23.1 Å². The Hall–Kier alpha value is -1.00. The number of aromatic nitrogens is 1. The topological polar surface area (TPSA) is 38.9 Å². The summed E-state index contributed by atoms with van der Waals surface area (Å²) in [6.45, 7) is 4.14. The summed E-state index contributed by atoms with van der Waals surface area (Å²) >= 11 is 3.42. The first-order valence-electron chi connectivity index (χ1n) is 4.62. The highest BCUT2D eigenvalue weighted by atomic mass is 32.2. The van der Waals surface area contributed by atoms with Gasteiger partial charge in [-0.1, -0.05) is 11.8 Å². The molecule has 0 fully saturated rings. The average molecular weight is 236 g/mol. The third-order valence-electron chi connectivity index (χ3n) is 2.09. The van der Waals surface area contributed by atoms with Crippen molar-refractivity contribution in [2.45, 2.75) is 23.1 Å². The lowest BCUT2D eigenvalue weighted by Gasteiger charge is -1.97. The first-order valence-corrected chi connectivity index (χ1v) is 6.26. The molecule has 1 heterocycles. The minimum Gasteiger partial charge on any atom is -0.399 e. The van der Waals surface area contributed by atoms with Gasteiger partial charge in [0.15, 0.2) is 4.34 Å². The van der Waals surface area contributed by atoms with Crippen LogP contribution in [-0.4, -0.2) is 4.98 Å². The molecule has 1 aromatic heterocycles. The molecule has 0 aliphatic rings. The second-order valence-corrected chi connectivity index (χ2v) is 5.82. The van der Waals surface area contributed by atoms with Gasteiger partial charge in [0.2, 0.25) is 0 Å². The molecule has 0 spiro atoms. The second-order valence-electron chi connectivity index (χ2n) is 3.29. The summed E-state index contributed by atoms with van der Waals surface area (Å²) in [7, 11) is 0. The van der Waals surface area contributed by atoms with E-state index in [-0.39, 0.29) is 0 Å². The van der Waals surface area contributed by atoms with E-state index in [0.717, 1.165) is 15.7 Å². The van der Waals surface area contributed by atoms with E-state index >= 15 is 0 Å². The zero-order valence-electron chi connectivity index (χ0n) is 8.65. The van der Waals surface area contributed by atoms with E-state index in [2.05, 4.69) is 11.9 Å². The number of benzene rings is 1. The highest BCUT2D eigenvalue weighted by molar-refractivity contribution is 8.01. The zero-order valence-corrected chi connectivity index (χ0v) is 10.3. The fourth-order valence-corrected chi connectivity index (χ4v) is 3.25. The van der Waals surface area contributed by atoms with Gasteiger partial charge in [-0.05, 0) is 38.1 Å². The van der Waals surface area contributed by atoms with Gasteiger partial charge in [-0.15, -0.1) is 11.3 Å². The van der Waals surface area contributed by atoms with Gasteiger partial charge in [0.25, 0.3) is 0 Å². The molecule has 2 rings (SSSR count). The van der Waals surface area contributed by atoms with Crippen LogP contribution in [0.1, 0.15) is 10.6 Å². The Balaban J connectivity index is 2.18. The van der Waals surface area contributed by atoms with Crippen molar-refractivity contribution in [3.8, 4) is 0 Å². The lowest BCUT2D eigenvalue weighted by molar-refractivity contribution is 1.14. The van der Waals surface area contributed by atoms with Crippen molar-refractivity contribution in [3.63, 3.8) is 0 Å². The van der Waals surface area contributed by atoms with Crippen LogP contribution in [-0.2, 0) is 0 Å². The highest BCUT2D eigenvalue weighted by Gasteiger charge is 2.04. The molecule has 0 amide bonds. The van der Waals surface area contributed by atoms with Crippen LogP contribution in [0.2, 0.25) is 0 Å². The van der Waals surface area contributed by atoms with Gasteiger partial charge in [0.1, 0.15) is 0 Å². The number of rotatable bonds is 2. The molecule has 78 valence electrons. The van der Waals surface area contributed by atoms with Crippen LogP contribution < -0.4 is 5.73 Å². The highest BCUT2D eigenvalue weighted by Crippen LogP contribution is 2.32. The normalized spacial score (nSPS) is 10.5. The van der Waals surface area contributed by atoms with E-state index in [1.165, 1.54) is 9.77 Å². The predicted octanol–water partition coefficient (Wildman–Crippen LogP) is 3.49. The number of hydrogen-bond donors (Lipinski definition) is 1. The van der Waals surface area contributed by atoms with Gasteiger partial charge >= 0.3 is 0 Å². The lowest BCUT2D eigenvalue weighted by Crippen LogP contribution is -1.82. The van der Waals surface area contributed by atoms with Gasteiger partial charge in [-0.2, -0.15) is 0 Å². The molecule has 0 aliphatic carbocycles. The quantitative estimate of drug-likeness (QED) is 0.811. The molecule has 4 heteroatoms. The number of nitrogens with two attached hydrogens (primary N) is 1. The number of thiazole rings is 1. The monoisotopic (exact) mass is 236 g/mol. The maximum Gasteiger partial charge on any atom is 0.155 e. The van der Waals surface area contributed by atoms with Gasteiger partial charge in [-0.3, -0.25) is 0 Å². The molecule has 2 N–H and O–H groups in total. The summed E-state index contributed by atoms with van der Waals surface area (Å²) in [6, 6.07) is 7.86. The third-order valence-corrected chi connectivity index (χ3v) is 4.24. The summed E-state index contributed by atoms with van der Waals surface area (Å²) in [6.07, 6.45) is 0. The molecule has 2 aromatic rings. The molecule has 2 nitrogen and oxygen atoms in total. The number of aryl methyl sites for hydroxylation is 2. The van der Waals surface area contributed by atoms with Crippen LogP contribution in [0.3, 0.4) is 0 Å². The maximum atomic E-state index is 5.63. The molecule has 0 saturated heterocycles. The minimum atomic E-state index is 0.797. The standard InChI is InChI=1S/C11H12N2S2/c1-7-8(2)14-11(13-7)15-10-5-3-9(12)4-6-10/h3-6H,12H2,1-2H3. The summed E-state index contributed by atoms with van der Waals surface area (Å²) in [5.74, 6) is 0. The Bertz CT molecular complexity index is 440. The van der Waals surface area contributed by atoms with E-state index in [1.54, 1.807) is 23.1 Å². The van der Waals surface area contributed by atoms with E-state index in [0.29, 0.717) is 0 Å². The molecule has 15 heavy (non-hydrogen) atoms. The van der Waals surface area contributed by atoms with E-state index in [4.69, 9.17) is 5.73 Å². The first-order chi connectivity index (χ1) is 7.15. The summed E-state index contributed by atoms with van der Waals surface area (Å²) in [5.41, 5.74) is 7.55. The summed E-state index contributed by atoms with van der Waals surface area (Å²) in [4.78, 5) is 6.94. The van der Waals surface area contributed by atoms with Gasteiger partial charge < -0.3 is 5.73 Å². The Morgan fingerprint density at radius 3 is 2.40 bits per heavy atom. The lowest BCUT2D eigenvalue weighted by atomic mass is 10.3. The van der Waals surface area contributed by atoms with Crippen LogP contribution in [0.25, 0.3) is 0 Å². The third kappa shape index (κ3) is 2.52. The maximum absolute atomic E-state index is 5.63. The smallest absolute Gasteiger partial charge is 0.155 e. The van der Waals surface area contributed by atoms with Crippen molar-refractivity contribution in [2.24, 2.45) is 0 Å². The number of anilines is 1. The molecule has 0 aliphatic heterocycles. The predicted molar refractivity (Wildman–Crippen MR) is 66.6 cm³/mol. The molecule has 1 aromatic carbocycles. The van der Waals surface area contributed by atoms with Crippen molar-refractivity contribution in [1.29, 1.82) is 0 Å². The Morgan fingerprint density at radius 2 is 1.87 bits per heavy atom. The minimum absolute atomic E-state index is 0.797. The van der Waals surface area contributed by atoms with Gasteiger partial charge in [-0.25, -0.2) is 4.98 Å². The largest absolute Gasteiger partial charge is 0.399 e. The van der Waals surface area contributed by atoms with Crippen LogP contribution in [0.15, 0.2) is 33.5 Å². The van der Waals surface area contributed by atoms with Crippen molar-refractivity contribution in [2.75, 3.05) is 5.73 Å². The fraction of sp³-hybridized carbons (Fsp3) is 0.182. The Kier molecular flexibility index (Phi) is 2.98. The van der Waals surface area contributed by atoms with Crippen LogP contribution in [0.5, 0.6) is 0 Å². The molecule has 0 bridgehead atoms. The number of hydrogen-bond acceptors (Lipinski definition) is 4. The van der Waals surface area contributed by atoms with Crippen molar-refractivity contribution >= 4 is 28.8 Å². The van der Waals surface area contributed by atoms with Gasteiger partial charge in [0.05, 0.1) is 5.69 Å². The summed E-state index contributed by atoms with van der Waals surface area (Å²) < 4.78 is 1.09. The number of nitrogens with zero attached hydrogens (tertiary/aromatic N) is 1. The Labute approximate surface area is 97.5 Å². The molecular formula is C11H12N2S2. The van der Waals surface area contributed by atoms with E-state index in [1.807, 2.05) is 31.2 Å². The molecule has 0 radical (unpaired) electrons. The molecular weight excluding hydrogens is 224 g/mol. The van der Waals surface area contributed by atoms with E-state index < -0.39 is 0 Å². The van der Waals surface area contributed by atoms with Crippen LogP contribution in [0, 0.1) is 13.8 Å².